The Labute approximate surface area is 110 Å². The van der Waals surface area contributed by atoms with Gasteiger partial charge < -0.3 is 10.4 Å². The van der Waals surface area contributed by atoms with E-state index in [9.17, 15) is 9.59 Å². The van der Waals surface area contributed by atoms with E-state index in [2.05, 4.69) is 5.32 Å². The van der Waals surface area contributed by atoms with Crippen LogP contribution >= 0.6 is 11.3 Å². The highest BCUT2D eigenvalue weighted by atomic mass is 32.1. The van der Waals surface area contributed by atoms with Crippen molar-refractivity contribution in [2.45, 2.75) is 44.6 Å². The van der Waals surface area contributed by atoms with Gasteiger partial charge in [0.2, 0.25) is 5.91 Å². The number of carbonyl (C=O) groups is 2. The lowest BCUT2D eigenvalue weighted by molar-refractivity contribution is -0.146. The third kappa shape index (κ3) is 2.41. The van der Waals surface area contributed by atoms with Gasteiger partial charge in [0.15, 0.2) is 0 Å². The van der Waals surface area contributed by atoms with Crippen LogP contribution in [0.2, 0.25) is 0 Å². The van der Waals surface area contributed by atoms with E-state index in [4.69, 9.17) is 5.11 Å². The highest BCUT2D eigenvalue weighted by Gasteiger charge is 2.34. The molecule has 2 rings (SSSR count). The molecule has 0 bridgehead atoms. The number of nitrogens with one attached hydrogen (secondary N) is 1. The molecular weight excluding hydrogens is 250 g/mol. The second-order valence-electron chi connectivity index (χ2n) is 5.16. The number of hydrogen-bond donors (Lipinski definition) is 2. The first-order valence-corrected chi connectivity index (χ1v) is 6.91. The van der Waals surface area contributed by atoms with Crippen LogP contribution in [0.3, 0.4) is 0 Å². The maximum absolute atomic E-state index is 12.2. The lowest BCUT2D eigenvalue weighted by atomic mass is 9.86. The molecular formula is C13H17NO3S. The van der Waals surface area contributed by atoms with E-state index in [0.29, 0.717) is 0 Å². The Morgan fingerprint density at radius 3 is 2.89 bits per heavy atom. The molecule has 4 nitrogen and oxygen atoms in total. The molecule has 0 spiro atoms. The fourth-order valence-corrected chi connectivity index (χ4v) is 3.19. The van der Waals surface area contributed by atoms with Crippen LogP contribution in [0, 0.1) is 0 Å². The fraction of sp³-hybridized carbons (Fsp3) is 0.538. The second-order valence-corrected chi connectivity index (χ2v) is 6.16. The number of rotatable bonds is 3. The number of aliphatic carboxylic acids is 1. The number of carbonyl (C=O) groups excluding carboxylic acids is 1. The van der Waals surface area contributed by atoms with Crippen LogP contribution in [0.4, 0.5) is 0 Å². The van der Waals surface area contributed by atoms with Crippen molar-refractivity contribution < 1.29 is 14.7 Å². The Balaban J connectivity index is 2.15. The summed E-state index contributed by atoms with van der Waals surface area (Å²) in [4.78, 5) is 24.5. The van der Waals surface area contributed by atoms with Gasteiger partial charge in [0.25, 0.3) is 0 Å². The standard InChI is InChI=1S/C13H17NO3S/c1-13(2,12(16)17)14-11(15)9-4-3-5-10-8(9)6-7-18-10/h6-7,9H,3-5H2,1-2H3,(H,14,15)(H,16,17). The molecule has 0 saturated carbocycles. The minimum absolute atomic E-state index is 0.179. The highest BCUT2D eigenvalue weighted by Crippen LogP contribution is 2.35. The van der Waals surface area contributed by atoms with Gasteiger partial charge in [0.1, 0.15) is 5.54 Å². The molecule has 1 atom stereocenters. The summed E-state index contributed by atoms with van der Waals surface area (Å²) in [7, 11) is 0. The first-order chi connectivity index (χ1) is 8.42. The zero-order chi connectivity index (χ0) is 13.3. The van der Waals surface area contributed by atoms with Gasteiger partial charge in [-0.1, -0.05) is 0 Å². The minimum Gasteiger partial charge on any atom is -0.480 e. The predicted molar refractivity (Wildman–Crippen MR) is 69.9 cm³/mol. The maximum Gasteiger partial charge on any atom is 0.328 e. The van der Waals surface area contributed by atoms with Crippen molar-refractivity contribution in [1.82, 2.24) is 5.32 Å². The van der Waals surface area contributed by atoms with Gasteiger partial charge in [-0.15, -0.1) is 11.3 Å². The Hall–Kier alpha value is -1.36. The van der Waals surface area contributed by atoms with Crippen molar-refractivity contribution in [2.75, 3.05) is 0 Å². The molecule has 1 aromatic rings. The molecule has 0 saturated heterocycles. The smallest absolute Gasteiger partial charge is 0.328 e. The first kappa shape index (κ1) is 13.1. The van der Waals surface area contributed by atoms with E-state index in [1.54, 1.807) is 11.3 Å². The molecule has 0 aliphatic heterocycles. The molecule has 1 unspecified atom stereocenters. The molecule has 98 valence electrons. The molecule has 1 aliphatic carbocycles. The largest absolute Gasteiger partial charge is 0.480 e. The quantitative estimate of drug-likeness (QED) is 0.881. The number of hydrogen-bond acceptors (Lipinski definition) is 3. The van der Waals surface area contributed by atoms with Gasteiger partial charge in [-0.05, 0) is 50.1 Å². The number of aryl methyl sites for hydroxylation is 1. The van der Waals surface area contributed by atoms with Crippen molar-refractivity contribution in [3.63, 3.8) is 0 Å². The van der Waals surface area contributed by atoms with Crippen LogP contribution in [0.1, 0.15) is 43.0 Å². The van der Waals surface area contributed by atoms with Crippen LogP contribution in [-0.4, -0.2) is 22.5 Å². The van der Waals surface area contributed by atoms with Crippen LogP contribution in [0.5, 0.6) is 0 Å². The average molecular weight is 267 g/mol. The average Bonchev–Trinajstić information content (AvgIpc) is 2.75. The summed E-state index contributed by atoms with van der Waals surface area (Å²) in [6.07, 6.45) is 2.81. The van der Waals surface area contributed by atoms with Crippen LogP contribution in [-0.2, 0) is 16.0 Å². The summed E-state index contributed by atoms with van der Waals surface area (Å²) in [5.74, 6) is -1.39. The first-order valence-electron chi connectivity index (χ1n) is 6.03. The van der Waals surface area contributed by atoms with E-state index < -0.39 is 11.5 Å². The van der Waals surface area contributed by atoms with Crippen molar-refractivity contribution in [2.24, 2.45) is 0 Å². The number of amides is 1. The second kappa shape index (κ2) is 4.72. The summed E-state index contributed by atoms with van der Waals surface area (Å²) in [5, 5.41) is 13.7. The normalized spacial score (nSPS) is 19.1. The summed E-state index contributed by atoms with van der Waals surface area (Å²) in [6, 6.07) is 1.98. The SMILES string of the molecule is CC(C)(NC(=O)C1CCCc2sccc21)C(=O)O. The van der Waals surface area contributed by atoms with Crippen LogP contribution < -0.4 is 5.32 Å². The molecule has 1 aromatic heterocycles. The van der Waals surface area contributed by atoms with E-state index in [0.717, 1.165) is 24.8 Å². The van der Waals surface area contributed by atoms with Gasteiger partial charge in [0.05, 0.1) is 5.92 Å². The lowest BCUT2D eigenvalue weighted by Gasteiger charge is -2.27. The number of carboxylic acid groups (broad SMARTS) is 1. The molecule has 1 heterocycles. The molecule has 0 aromatic carbocycles. The van der Waals surface area contributed by atoms with Crippen molar-refractivity contribution in [3.8, 4) is 0 Å². The summed E-state index contributed by atoms with van der Waals surface area (Å²) in [6.45, 7) is 3.01. The highest BCUT2D eigenvalue weighted by molar-refractivity contribution is 7.10. The molecule has 5 heteroatoms. The van der Waals surface area contributed by atoms with Crippen LogP contribution in [0.15, 0.2) is 11.4 Å². The number of thiophene rings is 1. The van der Waals surface area contributed by atoms with Crippen molar-refractivity contribution in [3.05, 3.63) is 21.9 Å². The van der Waals surface area contributed by atoms with E-state index in [1.165, 1.54) is 18.7 Å². The maximum atomic E-state index is 12.2. The topological polar surface area (TPSA) is 66.4 Å². The Morgan fingerprint density at radius 1 is 1.50 bits per heavy atom. The van der Waals surface area contributed by atoms with E-state index in [1.807, 2.05) is 11.4 Å². The molecule has 18 heavy (non-hydrogen) atoms. The summed E-state index contributed by atoms with van der Waals surface area (Å²) < 4.78 is 0. The number of fused-ring (bicyclic) bond motifs is 1. The predicted octanol–water partition coefficient (Wildman–Crippen LogP) is 2.15. The van der Waals surface area contributed by atoms with E-state index >= 15 is 0 Å². The fourth-order valence-electron chi connectivity index (χ4n) is 2.21. The molecule has 0 radical (unpaired) electrons. The zero-order valence-electron chi connectivity index (χ0n) is 10.5. The van der Waals surface area contributed by atoms with Gasteiger partial charge in [-0.3, -0.25) is 4.79 Å². The van der Waals surface area contributed by atoms with Gasteiger partial charge in [-0.2, -0.15) is 0 Å². The van der Waals surface area contributed by atoms with Gasteiger partial charge in [0, 0.05) is 4.88 Å². The monoisotopic (exact) mass is 267 g/mol. The minimum atomic E-state index is -1.22. The lowest BCUT2D eigenvalue weighted by Crippen LogP contribution is -2.51. The van der Waals surface area contributed by atoms with Gasteiger partial charge >= 0.3 is 5.97 Å². The molecule has 1 amide bonds. The Morgan fingerprint density at radius 2 is 2.22 bits per heavy atom. The third-order valence-electron chi connectivity index (χ3n) is 3.34. The molecule has 1 aliphatic rings. The Bertz CT molecular complexity index is 478. The summed E-state index contributed by atoms with van der Waals surface area (Å²) in [5.41, 5.74) is -0.144. The van der Waals surface area contributed by atoms with Crippen molar-refractivity contribution >= 4 is 23.2 Å². The molecule has 0 fully saturated rings. The van der Waals surface area contributed by atoms with Crippen LogP contribution in [0.25, 0.3) is 0 Å². The number of carboxylic acids is 1. The van der Waals surface area contributed by atoms with Crippen molar-refractivity contribution in [1.29, 1.82) is 0 Å². The molecule has 2 N–H and O–H groups in total. The van der Waals surface area contributed by atoms with Gasteiger partial charge in [-0.25, -0.2) is 4.79 Å². The summed E-state index contributed by atoms with van der Waals surface area (Å²) >= 11 is 1.67. The third-order valence-corrected chi connectivity index (χ3v) is 4.34. The Kier molecular flexibility index (Phi) is 3.43. The zero-order valence-corrected chi connectivity index (χ0v) is 11.3. The van der Waals surface area contributed by atoms with E-state index in [-0.39, 0.29) is 11.8 Å².